The Hall–Kier alpha value is -1.60. The lowest BCUT2D eigenvalue weighted by Crippen LogP contribution is -1.90. The average Bonchev–Trinajstić information content (AvgIpc) is 2.39. The van der Waals surface area contributed by atoms with Crippen LogP contribution in [0.1, 0.15) is 22.8 Å². The minimum Gasteiger partial charge on any atom is -0.298 e. The van der Waals surface area contributed by atoms with E-state index < -0.39 is 0 Å². The molecule has 0 unspecified atom stereocenters. The predicted molar refractivity (Wildman–Crippen MR) is 71.7 cm³/mol. The number of aldehydes is 1. The van der Waals surface area contributed by atoms with Gasteiger partial charge < -0.3 is 0 Å². The third kappa shape index (κ3) is 2.56. The molecule has 0 fully saturated rings. The molecule has 2 rings (SSSR count). The van der Waals surface area contributed by atoms with Crippen LogP contribution in [0.3, 0.4) is 0 Å². The van der Waals surface area contributed by atoms with Gasteiger partial charge in [-0.15, -0.1) is 0 Å². The van der Waals surface area contributed by atoms with Gasteiger partial charge in [0.15, 0.2) is 0 Å². The maximum Gasteiger partial charge on any atom is 0.150 e. The van der Waals surface area contributed by atoms with E-state index >= 15 is 0 Å². The summed E-state index contributed by atoms with van der Waals surface area (Å²) in [5.74, 6) is 0. The Kier molecular flexibility index (Phi) is 3.60. The van der Waals surface area contributed by atoms with E-state index in [2.05, 4.69) is 6.92 Å². The standard InChI is InChI=1S/C15H13ClO/c1-2-12-9-11(10-17)3-8-15(12)13-4-6-14(16)7-5-13/h3-10H,2H2,1H3. The van der Waals surface area contributed by atoms with Crippen molar-refractivity contribution in [3.8, 4) is 11.1 Å². The number of halogens is 1. The van der Waals surface area contributed by atoms with Crippen molar-refractivity contribution in [2.45, 2.75) is 13.3 Å². The Balaban J connectivity index is 2.51. The fourth-order valence-corrected chi connectivity index (χ4v) is 2.02. The first-order valence-corrected chi connectivity index (χ1v) is 5.96. The van der Waals surface area contributed by atoms with Gasteiger partial charge in [-0.1, -0.05) is 42.8 Å². The first-order chi connectivity index (χ1) is 8.24. The molecule has 0 heterocycles. The van der Waals surface area contributed by atoms with Gasteiger partial charge in [-0.2, -0.15) is 0 Å². The third-order valence-corrected chi connectivity index (χ3v) is 3.05. The molecule has 2 aromatic rings. The van der Waals surface area contributed by atoms with Crippen molar-refractivity contribution < 1.29 is 4.79 Å². The zero-order valence-electron chi connectivity index (χ0n) is 9.61. The summed E-state index contributed by atoms with van der Waals surface area (Å²) in [6.45, 7) is 2.09. The molecule has 0 atom stereocenters. The van der Waals surface area contributed by atoms with Crippen molar-refractivity contribution >= 4 is 17.9 Å². The first kappa shape index (κ1) is 11.9. The number of hydrogen-bond donors (Lipinski definition) is 0. The molecule has 0 aromatic heterocycles. The van der Waals surface area contributed by atoms with Gasteiger partial charge in [-0.3, -0.25) is 4.79 Å². The highest BCUT2D eigenvalue weighted by atomic mass is 35.5. The fraction of sp³-hybridized carbons (Fsp3) is 0.133. The van der Waals surface area contributed by atoms with Gasteiger partial charge in [0.25, 0.3) is 0 Å². The monoisotopic (exact) mass is 244 g/mol. The van der Waals surface area contributed by atoms with Crippen molar-refractivity contribution in [3.05, 3.63) is 58.6 Å². The van der Waals surface area contributed by atoms with Crippen molar-refractivity contribution in [1.82, 2.24) is 0 Å². The molecular weight excluding hydrogens is 232 g/mol. The molecular formula is C15H13ClO. The quantitative estimate of drug-likeness (QED) is 0.733. The van der Waals surface area contributed by atoms with Crippen LogP contribution in [0.2, 0.25) is 5.02 Å². The minimum atomic E-state index is 0.722. The fourth-order valence-electron chi connectivity index (χ4n) is 1.89. The zero-order chi connectivity index (χ0) is 12.3. The molecule has 0 aliphatic rings. The van der Waals surface area contributed by atoms with Crippen LogP contribution in [-0.4, -0.2) is 6.29 Å². The van der Waals surface area contributed by atoms with Crippen molar-refractivity contribution in [2.75, 3.05) is 0 Å². The number of aryl methyl sites for hydroxylation is 1. The highest BCUT2D eigenvalue weighted by Gasteiger charge is 2.04. The second kappa shape index (κ2) is 5.15. The van der Waals surface area contributed by atoms with Crippen molar-refractivity contribution in [3.63, 3.8) is 0 Å². The van der Waals surface area contributed by atoms with Gasteiger partial charge in [-0.25, -0.2) is 0 Å². The van der Waals surface area contributed by atoms with Gasteiger partial charge in [0.2, 0.25) is 0 Å². The molecule has 0 saturated carbocycles. The first-order valence-electron chi connectivity index (χ1n) is 5.58. The predicted octanol–water partition coefficient (Wildman–Crippen LogP) is 4.38. The van der Waals surface area contributed by atoms with E-state index in [0.29, 0.717) is 0 Å². The molecule has 0 radical (unpaired) electrons. The van der Waals surface area contributed by atoms with Crippen LogP contribution >= 0.6 is 11.6 Å². The maximum absolute atomic E-state index is 10.7. The SMILES string of the molecule is CCc1cc(C=O)ccc1-c1ccc(Cl)cc1. The van der Waals surface area contributed by atoms with Gasteiger partial charge in [0.05, 0.1) is 0 Å². The molecule has 0 aliphatic carbocycles. The Morgan fingerprint density at radius 3 is 2.41 bits per heavy atom. The highest BCUT2D eigenvalue weighted by Crippen LogP contribution is 2.26. The lowest BCUT2D eigenvalue weighted by molar-refractivity contribution is 0.112. The van der Waals surface area contributed by atoms with Gasteiger partial charge in [-0.05, 0) is 41.3 Å². The smallest absolute Gasteiger partial charge is 0.150 e. The van der Waals surface area contributed by atoms with Crippen molar-refractivity contribution in [1.29, 1.82) is 0 Å². The van der Waals surface area contributed by atoms with E-state index in [-0.39, 0.29) is 0 Å². The lowest BCUT2D eigenvalue weighted by Gasteiger charge is -2.09. The topological polar surface area (TPSA) is 17.1 Å². The van der Waals surface area contributed by atoms with E-state index in [0.717, 1.165) is 34.4 Å². The summed E-state index contributed by atoms with van der Waals surface area (Å²) in [6, 6.07) is 13.5. The molecule has 0 spiro atoms. The van der Waals surface area contributed by atoms with Crippen LogP contribution in [0.4, 0.5) is 0 Å². The van der Waals surface area contributed by atoms with Crippen LogP contribution in [0.15, 0.2) is 42.5 Å². The summed E-state index contributed by atoms with van der Waals surface area (Å²) in [5, 5.41) is 0.733. The van der Waals surface area contributed by atoms with Crippen LogP contribution < -0.4 is 0 Å². The Labute approximate surface area is 106 Å². The summed E-state index contributed by atoms with van der Waals surface area (Å²) < 4.78 is 0. The summed E-state index contributed by atoms with van der Waals surface area (Å²) in [4.78, 5) is 10.7. The number of carbonyl (C=O) groups excluding carboxylic acids is 1. The van der Waals surface area contributed by atoms with Crippen LogP contribution in [-0.2, 0) is 6.42 Å². The summed E-state index contributed by atoms with van der Waals surface area (Å²) in [5.41, 5.74) is 4.19. The number of carbonyl (C=O) groups is 1. The summed E-state index contributed by atoms with van der Waals surface area (Å²) in [7, 11) is 0. The molecule has 0 aliphatic heterocycles. The molecule has 0 bridgehead atoms. The highest BCUT2D eigenvalue weighted by molar-refractivity contribution is 6.30. The Morgan fingerprint density at radius 2 is 1.82 bits per heavy atom. The average molecular weight is 245 g/mol. The third-order valence-electron chi connectivity index (χ3n) is 2.80. The van der Waals surface area contributed by atoms with E-state index in [9.17, 15) is 4.79 Å². The number of rotatable bonds is 3. The number of benzene rings is 2. The molecule has 0 saturated heterocycles. The van der Waals surface area contributed by atoms with Gasteiger partial charge in [0.1, 0.15) is 6.29 Å². The van der Waals surface area contributed by atoms with Gasteiger partial charge >= 0.3 is 0 Å². The Bertz CT molecular complexity index is 529. The minimum absolute atomic E-state index is 0.722. The molecule has 0 amide bonds. The molecule has 1 nitrogen and oxygen atoms in total. The van der Waals surface area contributed by atoms with Crippen LogP contribution in [0.25, 0.3) is 11.1 Å². The van der Waals surface area contributed by atoms with Crippen molar-refractivity contribution in [2.24, 2.45) is 0 Å². The molecule has 2 aromatic carbocycles. The number of hydrogen-bond acceptors (Lipinski definition) is 1. The zero-order valence-corrected chi connectivity index (χ0v) is 10.4. The summed E-state index contributed by atoms with van der Waals surface area (Å²) >= 11 is 5.87. The molecule has 17 heavy (non-hydrogen) atoms. The molecule has 2 heteroatoms. The maximum atomic E-state index is 10.7. The van der Waals surface area contributed by atoms with Crippen LogP contribution in [0, 0.1) is 0 Å². The van der Waals surface area contributed by atoms with Crippen LogP contribution in [0.5, 0.6) is 0 Å². The van der Waals surface area contributed by atoms with E-state index in [1.54, 1.807) is 0 Å². The second-order valence-corrected chi connectivity index (χ2v) is 4.33. The lowest BCUT2D eigenvalue weighted by atomic mass is 9.96. The Morgan fingerprint density at radius 1 is 1.12 bits per heavy atom. The van der Waals surface area contributed by atoms with E-state index in [1.165, 1.54) is 5.56 Å². The van der Waals surface area contributed by atoms with E-state index in [1.807, 2.05) is 42.5 Å². The second-order valence-electron chi connectivity index (χ2n) is 3.89. The normalized spacial score (nSPS) is 10.2. The largest absolute Gasteiger partial charge is 0.298 e. The van der Waals surface area contributed by atoms with Gasteiger partial charge in [0, 0.05) is 10.6 Å². The van der Waals surface area contributed by atoms with E-state index in [4.69, 9.17) is 11.6 Å². The summed E-state index contributed by atoms with van der Waals surface area (Å²) in [6.07, 6.45) is 1.78. The molecule has 0 N–H and O–H groups in total. The molecule has 86 valence electrons.